The number of carbonyl (C=O) groups excluding carboxylic acids is 2. The molecule has 2 saturated heterocycles. The standard InChI is InChI=1S/C34H39N3O3S/c1-2-3-9-22-40-29-16-14-28(15-17-29)37-32(38)24-41-34(37)30-12-7-8-13-31(30)36(33(34)39)25-35-20-18-27(19-21-35)23-26-10-5-4-6-11-26/h4-8,10-17,27H,2-3,9,18-25H2,1H3. The summed E-state index contributed by atoms with van der Waals surface area (Å²) in [5, 5.41) is 0. The monoisotopic (exact) mass is 569 g/mol. The molecule has 6 rings (SSSR count). The van der Waals surface area contributed by atoms with E-state index in [1.807, 2.05) is 53.4 Å². The van der Waals surface area contributed by atoms with Gasteiger partial charge >= 0.3 is 0 Å². The highest BCUT2D eigenvalue weighted by Gasteiger charge is 2.61. The first kappa shape index (κ1) is 27.9. The number of piperidine rings is 1. The van der Waals surface area contributed by atoms with Crippen LogP contribution in [0, 0.1) is 5.92 Å². The van der Waals surface area contributed by atoms with Crippen LogP contribution in [-0.4, -0.2) is 48.8 Å². The minimum atomic E-state index is -1.08. The molecule has 3 aromatic rings. The van der Waals surface area contributed by atoms with E-state index in [1.165, 1.54) is 17.3 Å². The van der Waals surface area contributed by atoms with Gasteiger partial charge in [0, 0.05) is 24.3 Å². The van der Waals surface area contributed by atoms with Gasteiger partial charge in [0.05, 0.1) is 24.7 Å². The average molecular weight is 570 g/mol. The molecule has 1 spiro atoms. The largest absolute Gasteiger partial charge is 0.494 e. The highest BCUT2D eigenvalue weighted by atomic mass is 32.2. The van der Waals surface area contributed by atoms with E-state index < -0.39 is 4.87 Å². The number of benzene rings is 3. The van der Waals surface area contributed by atoms with Crippen LogP contribution in [0.2, 0.25) is 0 Å². The molecule has 41 heavy (non-hydrogen) atoms. The van der Waals surface area contributed by atoms with Crippen molar-refractivity contribution in [3.8, 4) is 5.75 Å². The summed E-state index contributed by atoms with van der Waals surface area (Å²) in [6.45, 7) is 5.33. The molecular weight excluding hydrogens is 530 g/mol. The lowest BCUT2D eigenvalue weighted by Gasteiger charge is -2.36. The van der Waals surface area contributed by atoms with Gasteiger partial charge in [-0.3, -0.25) is 24.3 Å². The van der Waals surface area contributed by atoms with Crippen LogP contribution < -0.4 is 14.5 Å². The Morgan fingerprint density at radius 3 is 2.39 bits per heavy atom. The van der Waals surface area contributed by atoms with Crippen LogP contribution >= 0.6 is 11.8 Å². The van der Waals surface area contributed by atoms with Gasteiger partial charge in [-0.1, -0.05) is 68.3 Å². The van der Waals surface area contributed by atoms with Crippen molar-refractivity contribution in [2.75, 3.05) is 41.9 Å². The molecular formula is C34H39N3O3S. The van der Waals surface area contributed by atoms with E-state index in [1.54, 1.807) is 4.90 Å². The van der Waals surface area contributed by atoms with Crippen LogP contribution in [-0.2, 0) is 20.9 Å². The maximum atomic E-state index is 14.4. The van der Waals surface area contributed by atoms with E-state index in [0.29, 0.717) is 19.2 Å². The summed E-state index contributed by atoms with van der Waals surface area (Å²) in [5.41, 5.74) is 3.94. The summed E-state index contributed by atoms with van der Waals surface area (Å²) in [7, 11) is 0. The molecule has 3 aliphatic rings. The number of para-hydroxylation sites is 1. The zero-order valence-electron chi connectivity index (χ0n) is 23.8. The van der Waals surface area contributed by atoms with E-state index in [0.717, 1.165) is 74.3 Å². The van der Waals surface area contributed by atoms with Gasteiger partial charge in [-0.25, -0.2) is 0 Å². The Morgan fingerprint density at radius 2 is 1.63 bits per heavy atom. The third-order valence-corrected chi connectivity index (χ3v) is 9.98. The Bertz CT molecular complexity index is 1360. The second-order valence-electron chi connectivity index (χ2n) is 11.4. The number of hydrogen-bond acceptors (Lipinski definition) is 5. The van der Waals surface area contributed by atoms with Gasteiger partial charge in [-0.15, -0.1) is 11.8 Å². The quantitative estimate of drug-likeness (QED) is 0.263. The molecule has 0 bridgehead atoms. The smallest absolute Gasteiger partial charge is 0.269 e. The van der Waals surface area contributed by atoms with E-state index in [2.05, 4.69) is 42.2 Å². The van der Waals surface area contributed by atoms with Gasteiger partial charge in [-0.05, 0) is 67.5 Å². The van der Waals surface area contributed by atoms with E-state index in [9.17, 15) is 9.59 Å². The zero-order valence-corrected chi connectivity index (χ0v) is 24.7. The number of thioether (sulfide) groups is 1. The maximum absolute atomic E-state index is 14.4. The van der Waals surface area contributed by atoms with Crippen molar-refractivity contribution in [1.29, 1.82) is 0 Å². The molecule has 2 amide bonds. The van der Waals surface area contributed by atoms with Crippen molar-refractivity contribution >= 4 is 35.0 Å². The lowest BCUT2D eigenvalue weighted by Crippen LogP contribution is -2.52. The Kier molecular flexibility index (Phi) is 8.35. The van der Waals surface area contributed by atoms with Crippen molar-refractivity contribution in [3.63, 3.8) is 0 Å². The molecule has 0 aliphatic carbocycles. The number of hydrogen-bond donors (Lipinski definition) is 0. The third kappa shape index (κ3) is 5.50. The SMILES string of the molecule is CCCCCOc1ccc(N2C(=O)CSC23C(=O)N(CN2CCC(Cc4ccccc4)CC2)c2ccccc23)cc1. The normalized spacial score (nSPS) is 21.2. The Hall–Kier alpha value is -3.29. The Balaban J connectivity index is 1.19. The lowest BCUT2D eigenvalue weighted by molar-refractivity contribution is -0.124. The molecule has 3 aliphatic heterocycles. The Labute approximate surface area is 247 Å². The molecule has 0 radical (unpaired) electrons. The molecule has 1 atom stereocenters. The molecule has 2 fully saturated rings. The number of fused-ring (bicyclic) bond motifs is 2. The maximum Gasteiger partial charge on any atom is 0.269 e. The highest BCUT2D eigenvalue weighted by molar-refractivity contribution is 8.02. The second kappa shape index (κ2) is 12.3. The van der Waals surface area contributed by atoms with Gasteiger partial charge in [0.1, 0.15) is 5.75 Å². The first-order valence-electron chi connectivity index (χ1n) is 15.0. The van der Waals surface area contributed by atoms with Crippen molar-refractivity contribution < 1.29 is 14.3 Å². The van der Waals surface area contributed by atoms with Crippen molar-refractivity contribution in [2.45, 2.75) is 50.3 Å². The number of unbranched alkanes of at least 4 members (excludes halogenated alkanes) is 2. The summed E-state index contributed by atoms with van der Waals surface area (Å²) in [6.07, 6.45) is 6.67. The predicted octanol–water partition coefficient (Wildman–Crippen LogP) is 6.45. The molecule has 1 unspecified atom stereocenters. The molecule has 0 saturated carbocycles. The number of amides is 2. The van der Waals surface area contributed by atoms with Crippen molar-refractivity contribution in [2.24, 2.45) is 5.92 Å². The number of ether oxygens (including phenoxy) is 1. The molecule has 0 aromatic heterocycles. The Morgan fingerprint density at radius 1 is 0.902 bits per heavy atom. The topological polar surface area (TPSA) is 53.1 Å². The number of carbonyl (C=O) groups is 2. The van der Waals surface area contributed by atoms with Crippen LogP contribution in [0.25, 0.3) is 0 Å². The molecule has 7 heteroatoms. The fourth-order valence-corrected chi connectivity index (χ4v) is 7.77. The summed E-state index contributed by atoms with van der Waals surface area (Å²) in [6, 6.07) is 26.4. The molecule has 214 valence electrons. The summed E-state index contributed by atoms with van der Waals surface area (Å²) < 4.78 is 5.90. The first-order chi connectivity index (χ1) is 20.1. The van der Waals surface area contributed by atoms with Crippen LogP contribution in [0.4, 0.5) is 11.4 Å². The summed E-state index contributed by atoms with van der Waals surface area (Å²) in [5.74, 6) is 1.65. The first-order valence-corrected chi connectivity index (χ1v) is 16.0. The van der Waals surface area contributed by atoms with Gasteiger partial charge in [0.15, 0.2) is 0 Å². The van der Waals surface area contributed by atoms with E-state index >= 15 is 0 Å². The van der Waals surface area contributed by atoms with Crippen LogP contribution in [0.5, 0.6) is 5.75 Å². The number of anilines is 2. The van der Waals surface area contributed by atoms with Crippen LogP contribution in [0.3, 0.4) is 0 Å². The minimum Gasteiger partial charge on any atom is -0.494 e. The van der Waals surface area contributed by atoms with Crippen molar-refractivity contribution in [1.82, 2.24) is 4.90 Å². The summed E-state index contributed by atoms with van der Waals surface area (Å²) >= 11 is 1.44. The number of nitrogens with zero attached hydrogens (tertiary/aromatic N) is 3. The van der Waals surface area contributed by atoms with Gasteiger partial charge in [0.25, 0.3) is 5.91 Å². The molecule has 0 N–H and O–H groups in total. The van der Waals surface area contributed by atoms with Crippen LogP contribution in [0.1, 0.15) is 50.2 Å². The minimum absolute atomic E-state index is 0.0270. The van der Waals surface area contributed by atoms with E-state index in [-0.39, 0.29) is 17.6 Å². The van der Waals surface area contributed by atoms with E-state index in [4.69, 9.17) is 4.74 Å². The molecule has 3 aromatic carbocycles. The second-order valence-corrected chi connectivity index (χ2v) is 12.5. The molecule has 6 nitrogen and oxygen atoms in total. The summed E-state index contributed by atoms with van der Waals surface area (Å²) in [4.78, 5) is 32.8. The molecule has 3 heterocycles. The zero-order chi connectivity index (χ0) is 28.2. The fraction of sp³-hybridized carbons (Fsp3) is 0.412. The van der Waals surface area contributed by atoms with Gasteiger partial charge in [-0.2, -0.15) is 0 Å². The fourth-order valence-electron chi connectivity index (χ4n) is 6.41. The van der Waals surface area contributed by atoms with Crippen LogP contribution in [0.15, 0.2) is 78.9 Å². The number of likely N-dealkylation sites (tertiary alicyclic amines) is 1. The third-order valence-electron chi connectivity index (χ3n) is 8.59. The lowest BCUT2D eigenvalue weighted by atomic mass is 9.90. The predicted molar refractivity (Wildman–Crippen MR) is 166 cm³/mol. The average Bonchev–Trinajstić information content (AvgIpc) is 3.47. The van der Waals surface area contributed by atoms with Gasteiger partial charge in [0.2, 0.25) is 10.8 Å². The van der Waals surface area contributed by atoms with Gasteiger partial charge < -0.3 is 4.74 Å². The van der Waals surface area contributed by atoms with Crippen molar-refractivity contribution in [3.05, 3.63) is 90.0 Å². The number of rotatable bonds is 10. The highest BCUT2D eigenvalue weighted by Crippen LogP contribution is 2.55.